The molecular weight excluding hydrogens is 376 g/mol. The molecule has 178 valence electrons. The molecule has 0 aliphatic rings. The molecule has 1 atom stereocenters. The minimum Gasteiger partial charge on any atom is -0.481 e. The summed E-state index contributed by atoms with van der Waals surface area (Å²) in [6.45, 7) is 4.23. The standard InChI is InChI=1S/C26H50O4/c1-3-4-5-6-7-8-9-10-11-12-13-14-15-16-17-18-21-24(2)30-26(29)23-20-19-22-25(27)28/h24H,3-23H2,1-2H3,(H,27,28). The zero-order chi connectivity index (χ0) is 22.3. The van der Waals surface area contributed by atoms with Gasteiger partial charge in [-0.3, -0.25) is 9.59 Å². The van der Waals surface area contributed by atoms with Crippen LogP contribution in [0.3, 0.4) is 0 Å². The molecule has 0 aromatic heterocycles. The third kappa shape index (κ3) is 23.2. The van der Waals surface area contributed by atoms with E-state index in [-0.39, 0.29) is 18.5 Å². The molecule has 0 aromatic carbocycles. The zero-order valence-electron chi connectivity index (χ0n) is 20.1. The molecule has 0 saturated heterocycles. The molecule has 0 aliphatic heterocycles. The fraction of sp³-hybridized carbons (Fsp3) is 0.923. The lowest BCUT2D eigenvalue weighted by Crippen LogP contribution is -2.14. The molecule has 0 spiro atoms. The number of hydrogen-bond donors (Lipinski definition) is 1. The first-order valence-electron chi connectivity index (χ1n) is 13.0. The third-order valence-electron chi connectivity index (χ3n) is 5.82. The molecule has 1 unspecified atom stereocenters. The number of hydrogen-bond acceptors (Lipinski definition) is 3. The fourth-order valence-corrected chi connectivity index (χ4v) is 3.87. The van der Waals surface area contributed by atoms with Crippen molar-refractivity contribution in [2.45, 2.75) is 155 Å². The topological polar surface area (TPSA) is 63.6 Å². The van der Waals surface area contributed by atoms with Gasteiger partial charge in [-0.2, -0.15) is 0 Å². The predicted molar refractivity (Wildman–Crippen MR) is 126 cm³/mol. The van der Waals surface area contributed by atoms with Crippen molar-refractivity contribution in [3.63, 3.8) is 0 Å². The van der Waals surface area contributed by atoms with Crippen molar-refractivity contribution < 1.29 is 19.4 Å². The summed E-state index contributed by atoms with van der Waals surface area (Å²) in [5, 5.41) is 8.58. The Morgan fingerprint density at radius 1 is 0.633 bits per heavy atom. The predicted octanol–water partition coefficient (Wildman–Crippen LogP) is 8.21. The first kappa shape index (κ1) is 28.9. The summed E-state index contributed by atoms with van der Waals surface area (Å²) < 4.78 is 5.40. The number of carbonyl (C=O) groups excluding carboxylic acids is 1. The van der Waals surface area contributed by atoms with Crippen molar-refractivity contribution in [2.75, 3.05) is 0 Å². The first-order valence-corrected chi connectivity index (χ1v) is 13.0. The molecule has 0 aromatic rings. The van der Waals surface area contributed by atoms with Gasteiger partial charge in [-0.15, -0.1) is 0 Å². The molecule has 0 bridgehead atoms. The Morgan fingerprint density at radius 2 is 1.03 bits per heavy atom. The Bertz CT molecular complexity index is 394. The van der Waals surface area contributed by atoms with Crippen molar-refractivity contribution in [2.24, 2.45) is 0 Å². The number of rotatable bonds is 23. The van der Waals surface area contributed by atoms with Gasteiger partial charge in [0.25, 0.3) is 0 Å². The van der Waals surface area contributed by atoms with E-state index >= 15 is 0 Å². The molecule has 4 nitrogen and oxygen atoms in total. The second-order valence-electron chi connectivity index (χ2n) is 8.99. The van der Waals surface area contributed by atoms with E-state index in [2.05, 4.69) is 6.92 Å². The number of unbranched alkanes of at least 4 members (excludes halogenated alkanes) is 16. The fourth-order valence-electron chi connectivity index (χ4n) is 3.87. The minimum atomic E-state index is -0.805. The molecule has 0 radical (unpaired) electrons. The van der Waals surface area contributed by atoms with Crippen LogP contribution in [0, 0.1) is 0 Å². The maximum Gasteiger partial charge on any atom is 0.306 e. The smallest absolute Gasteiger partial charge is 0.306 e. The van der Waals surface area contributed by atoms with Crippen molar-refractivity contribution in [1.82, 2.24) is 0 Å². The van der Waals surface area contributed by atoms with E-state index in [1.54, 1.807) is 0 Å². The molecule has 0 saturated carbocycles. The monoisotopic (exact) mass is 426 g/mol. The Kier molecular flexibility index (Phi) is 21.8. The van der Waals surface area contributed by atoms with Crippen LogP contribution in [0.4, 0.5) is 0 Å². The zero-order valence-corrected chi connectivity index (χ0v) is 20.1. The van der Waals surface area contributed by atoms with Gasteiger partial charge in [0, 0.05) is 12.8 Å². The van der Waals surface area contributed by atoms with Gasteiger partial charge in [0.15, 0.2) is 0 Å². The first-order chi connectivity index (χ1) is 14.6. The second kappa shape index (κ2) is 22.6. The molecule has 4 heteroatoms. The van der Waals surface area contributed by atoms with E-state index in [1.807, 2.05) is 6.92 Å². The van der Waals surface area contributed by atoms with Crippen molar-refractivity contribution in [3.8, 4) is 0 Å². The molecular formula is C26H50O4. The molecule has 0 rings (SSSR count). The molecule has 0 heterocycles. The number of aliphatic carboxylic acids is 1. The second-order valence-corrected chi connectivity index (χ2v) is 8.99. The highest BCUT2D eigenvalue weighted by atomic mass is 16.5. The lowest BCUT2D eigenvalue weighted by atomic mass is 10.0. The van der Waals surface area contributed by atoms with E-state index < -0.39 is 5.97 Å². The van der Waals surface area contributed by atoms with E-state index in [9.17, 15) is 9.59 Å². The highest BCUT2D eigenvalue weighted by molar-refractivity contribution is 5.70. The summed E-state index contributed by atoms with van der Waals surface area (Å²) in [4.78, 5) is 22.1. The number of carboxylic acid groups (broad SMARTS) is 1. The molecule has 0 fully saturated rings. The van der Waals surface area contributed by atoms with E-state index in [0.29, 0.717) is 19.3 Å². The van der Waals surface area contributed by atoms with E-state index in [0.717, 1.165) is 12.8 Å². The van der Waals surface area contributed by atoms with Crippen LogP contribution in [0.25, 0.3) is 0 Å². The summed E-state index contributed by atoms with van der Waals surface area (Å²) in [5.74, 6) is -0.996. The van der Waals surface area contributed by atoms with Crippen LogP contribution in [0.5, 0.6) is 0 Å². The van der Waals surface area contributed by atoms with Gasteiger partial charge in [-0.1, -0.05) is 103 Å². The maximum atomic E-state index is 11.7. The van der Waals surface area contributed by atoms with Gasteiger partial charge in [-0.25, -0.2) is 0 Å². The summed E-state index contributed by atoms with van der Waals surface area (Å²) in [6, 6.07) is 0. The van der Waals surface area contributed by atoms with Crippen LogP contribution in [-0.2, 0) is 14.3 Å². The molecule has 0 aliphatic carbocycles. The lowest BCUT2D eigenvalue weighted by molar-refractivity contribution is -0.149. The van der Waals surface area contributed by atoms with E-state index in [4.69, 9.17) is 9.84 Å². The molecule has 1 N–H and O–H groups in total. The number of carbonyl (C=O) groups is 2. The normalized spacial score (nSPS) is 12.1. The molecule has 0 amide bonds. The molecule has 30 heavy (non-hydrogen) atoms. The highest BCUT2D eigenvalue weighted by Gasteiger charge is 2.09. The Morgan fingerprint density at radius 3 is 1.47 bits per heavy atom. The summed E-state index contributed by atoms with van der Waals surface area (Å²) in [6.07, 6.45) is 24.3. The largest absolute Gasteiger partial charge is 0.481 e. The average Bonchev–Trinajstić information content (AvgIpc) is 2.70. The quantitative estimate of drug-likeness (QED) is 0.132. The van der Waals surface area contributed by atoms with Crippen LogP contribution >= 0.6 is 0 Å². The summed E-state index contributed by atoms with van der Waals surface area (Å²) in [5.41, 5.74) is 0. The van der Waals surface area contributed by atoms with Crippen LogP contribution in [-0.4, -0.2) is 23.1 Å². The summed E-state index contributed by atoms with van der Waals surface area (Å²) in [7, 11) is 0. The minimum absolute atomic E-state index is 0.0244. The van der Waals surface area contributed by atoms with Crippen molar-refractivity contribution in [1.29, 1.82) is 0 Å². The van der Waals surface area contributed by atoms with Crippen molar-refractivity contribution >= 4 is 11.9 Å². The highest BCUT2D eigenvalue weighted by Crippen LogP contribution is 2.15. The SMILES string of the molecule is CCCCCCCCCCCCCCCCCCC(C)OC(=O)CCCCC(=O)O. The van der Waals surface area contributed by atoms with Crippen LogP contribution in [0.1, 0.15) is 149 Å². The van der Waals surface area contributed by atoms with Crippen LogP contribution < -0.4 is 0 Å². The van der Waals surface area contributed by atoms with Gasteiger partial charge >= 0.3 is 11.9 Å². The van der Waals surface area contributed by atoms with Gasteiger partial charge in [-0.05, 0) is 32.6 Å². The number of carboxylic acids is 1. The lowest BCUT2D eigenvalue weighted by Gasteiger charge is -2.13. The van der Waals surface area contributed by atoms with Gasteiger partial charge in [0.2, 0.25) is 0 Å². The van der Waals surface area contributed by atoms with Crippen LogP contribution in [0.15, 0.2) is 0 Å². The van der Waals surface area contributed by atoms with Gasteiger partial charge < -0.3 is 9.84 Å². The van der Waals surface area contributed by atoms with Crippen molar-refractivity contribution in [3.05, 3.63) is 0 Å². The Balaban J connectivity index is 3.26. The number of ether oxygens (including phenoxy) is 1. The van der Waals surface area contributed by atoms with E-state index in [1.165, 1.54) is 96.3 Å². The maximum absolute atomic E-state index is 11.7. The average molecular weight is 427 g/mol. The number of esters is 1. The Labute approximate surface area is 186 Å². The third-order valence-corrected chi connectivity index (χ3v) is 5.82. The van der Waals surface area contributed by atoms with Gasteiger partial charge in [0.1, 0.15) is 0 Å². The van der Waals surface area contributed by atoms with Crippen LogP contribution in [0.2, 0.25) is 0 Å². The van der Waals surface area contributed by atoms with Gasteiger partial charge in [0.05, 0.1) is 6.10 Å². The summed E-state index contributed by atoms with van der Waals surface area (Å²) >= 11 is 0. The Hall–Kier alpha value is -1.06.